The number of benzene rings is 2. The molecule has 0 saturated heterocycles. The molecule has 0 radical (unpaired) electrons. The number of hydrogen-bond acceptors (Lipinski definition) is 6. The number of rotatable bonds is 7. The SMILES string of the molecule is COC(=O)c1ccc(S(=O)(=O)NCCS(=O)(=O)N2CCc3ccccc32)cc1. The van der Waals surface area contributed by atoms with Crippen LogP contribution >= 0.6 is 0 Å². The van der Waals surface area contributed by atoms with Crippen LogP contribution in [0.1, 0.15) is 15.9 Å². The highest BCUT2D eigenvalue weighted by Crippen LogP contribution is 2.29. The lowest BCUT2D eigenvalue weighted by molar-refractivity contribution is 0.0600. The predicted octanol–water partition coefficient (Wildman–Crippen LogP) is 1.14. The molecule has 3 rings (SSSR count). The van der Waals surface area contributed by atoms with Gasteiger partial charge >= 0.3 is 5.97 Å². The predicted molar refractivity (Wildman–Crippen MR) is 104 cm³/mol. The Morgan fingerprint density at radius 2 is 1.75 bits per heavy atom. The summed E-state index contributed by atoms with van der Waals surface area (Å²) in [4.78, 5) is 11.3. The first kappa shape index (κ1) is 20.3. The van der Waals surface area contributed by atoms with E-state index in [2.05, 4.69) is 9.46 Å². The maximum Gasteiger partial charge on any atom is 0.337 e. The van der Waals surface area contributed by atoms with Crippen LogP contribution in [0.4, 0.5) is 5.69 Å². The third kappa shape index (κ3) is 4.18. The van der Waals surface area contributed by atoms with Crippen LogP contribution < -0.4 is 9.03 Å². The maximum atomic E-state index is 12.6. The number of fused-ring (bicyclic) bond motifs is 1. The molecule has 0 amide bonds. The summed E-state index contributed by atoms with van der Waals surface area (Å²) in [6, 6.07) is 12.4. The first-order valence-electron chi connectivity index (χ1n) is 8.51. The maximum absolute atomic E-state index is 12.6. The Morgan fingerprint density at radius 3 is 2.43 bits per heavy atom. The van der Waals surface area contributed by atoms with Crippen LogP contribution in [0, 0.1) is 0 Å². The second-order valence-electron chi connectivity index (χ2n) is 6.18. The molecular formula is C18H20N2O6S2. The van der Waals surface area contributed by atoms with Crippen molar-refractivity contribution < 1.29 is 26.4 Å². The minimum atomic E-state index is -3.90. The Hall–Kier alpha value is -2.43. The quantitative estimate of drug-likeness (QED) is 0.668. The van der Waals surface area contributed by atoms with E-state index in [9.17, 15) is 21.6 Å². The second kappa shape index (κ2) is 7.90. The molecule has 0 atom stereocenters. The van der Waals surface area contributed by atoms with Gasteiger partial charge in [0.05, 0.1) is 29.0 Å². The zero-order valence-electron chi connectivity index (χ0n) is 15.2. The van der Waals surface area contributed by atoms with E-state index in [0.717, 1.165) is 5.56 Å². The molecule has 0 bridgehead atoms. The number of carbonyl (C=O) groups is 1. The molecule has 28 heavy (non-hydrogen) atoms. The molecule has 0 saturated carbocycles. The highest BCUT2D eigenvalue weighted by Gasteiger charge is 2.29. The molecule has 2 aromatic carbocycles. The lowest BCUT2D eigenvalue weighted by atomic mass is 10.2. The van der Waals surface area contributed by atoms with Crippen molar-refractivity contribution in [3.8, 4) is 0 Å². The van der Waals surface area contributed by atoms with Crippen molar-refractivity contribution in [2.75, 3.05) is 30.3 Å². The number of carbonyl (C=O) groups excluding carboxylic acids is 1. The van der Waals surface area contributed by atoms with Crippen molar-refractivity contribution in [1.82, 2.24) is 4.72 Å². The molecule has 1 N–H and O–H groups in total. The minimum absolute atomic E-state index is 0.0657. The number of ether oxygens (including phenoxy) is 1. The van der Waals surface area contributed by atoms with Gasteiger partial charge in [-0.15, -0.1) is 0 Å². The number of nitrogens with zero attached hydrogens (tertiary/aromatic N) is 1. The number of anilines is 1. The number of nitrogens with one attached hydrogen (secondary N) is 1. The summed E-state index contributed by atoms with van der Waals surface area (Å²) in [7, 11) is -6.33. The summed E-state index contributed by atoms with van der Waals surface area (Å²) in [5.74, 6) is -0.935. The first-order chi connectivity index (χ1) is 13.2. The lowest BCUT2D eigenvalue weighted by Crippen LogP contribution is -2.36. The van der Waals surface area contributed by atoms with Gasteiger partial charge in [-0.2, -0.15) is 0 Å². The number of methoxy groups -OCH3 is 1. The van der Waals surface area contributed by atoms with Crippen LogP contribution in [-0.4, -0.2) is 48.8 Å². The van der Waals surface area contributed by atoms with Gasteiger partial charge in [0.2, 0.25) is 20.0 Å². The van der Waals surface area contributed by atoms with E-state index >= 15 is 0 Å². The minimum Gasteiger partial charge on any atom is -0.465 e. The number of para-hydroxylation sites is 1. The molecular weight excluding hydrogens is 404 g/mol. The Morgan fingerprint density at radius 1 is 1.07 bits per heavy atom. The molecule has 1 aliphatic rings. The third-order valence-corrected chi connectivity index (χ3v) is 7.67. The van der Waals surface area contributed by atoms with E-state index in [0.29, 0.717) is 18.7 Å². The zero-order chi connectivity index (χ0) is 20.4. The topological polar surface area (TPSA) is 110 Å². The lowest BCUT2D eigenvalue weighted by Gasteiger charge is -2.19. The van der Waals surface area contributed by atoms with Crippen LogP contribution in [-0.2, 0) is 31.2 Å². The summed E-state index contributed by atoms with van der Waals surface area (Å²) in [5, 5.41) is 0. The molecule has 1 aliphatic heterocycles. The van der Waals surface area contributed by atoms with E-state index in [4.69, 9.17) is 0 Å². The smallest absolute Gasteiger partial charge is 0.337 e. The Bertz CT molecular complexity index is 1080. The summed E-state index contributed by atoms with van der Waals surface area (Å²) >= 11 is 0. The van der Waals surface area contributed by atoms with Gasteiger partial charge in [-0.25, -0.2) is 26.4 Å². The van der Waals surface area contributed by atoms with Crippen molar-refractivity contribution in [3.05, 3.63) is 59.7 Å². The molecule has 10 heteroatoms. The Labute approximate surface area is 164 Å². The largest absolute Gasteiger partial charge is 0.465 e. The Kier molecular flexibility index (Phi) is 5.73. The van der Waals surface area contributed by atoms with E-state index < -0.39 is 26.0 Å². The van der Waals surface area contributed by atoms with Gasteiger partial charge in [0.15, 0.2) is 0 Å². The van der Waals surface area contributed by atoms with Gasteiger partial charge in [-0.3, -0.25) is 4.31 Å². The molecule has 0 aromatic heterocycles. The Balaban J connectivity index is 1.64. The van der Waals surface area contributed by atoms with Gasteiger partial charge in [0.1, 0.15) is 0 Å². The van der Waals surface area contributed by atoms with Crippen molar-refractivity contribution >= 4 is 31.7 Å². The normalized spacial score (nSPS) is 14.0. The standard InChI is InChI=1S/C18H20N2O6S2/c1-26-18(21)15-6-8-16(9-7-15)28(24,25)19-11-13-27(22,23)20-12-10-14-4-2-3-5-17(14)20/h2-9,19H,10-13H2,1H3. The van der Waals surface area contributed by atoms with E-state index in [1.165, 1.54) is 35.7 Å². The fourth-order valence-electron chi connectivity index (χ4n) is 2.98. The van der Waals surface area contributed by atoms with E-state index in [-0.39, 0.29) is 22.8 Å². The second-order valence-corrected chi connectivity index (χ2v) is 9.96. The number of hydrogen-bond donors (Lipinski definition) is 1. The van der Waals surface area contributed by atoms with Crippen molar-refractivity contribution in [1.29, 1.82) is 0 Å². The van der Waals surface area contributed by atoms with Crippen LogP contribution in [0.3, 0.4) is 0 Å². The average molecular weight is 425 g/mol. The first-order valence-corrected chi connectivity index (χ1v) is 11.6. The molecule has 150 valence electrons. The third-order valence-electron chi connectivity index (χ3n) is 4.42. The van der Waals surface area contributed by atoms with Gasteiger partial charge in [0, 0.05) is 13.1 Å². The highest BCUT2D eigenvalue weighted by molar-refractivity contribution is 7.93. The molecule has 0 unspecified atom stereocenters. The van der Waals surface area contributed by atoms with E-state index in [1.807, 2.05) is 12.1 Å². The highest BCUT2D eigenvalue weighted by atomic mass is 32.2. The van der Waals surface area contributed by atoms with Crippen molar-refractivity contribution in [2.45, 2.75) is 11.3 Å². The zero-order valence-corrected chi connectivity index (χ0v) is 16.8. The fraction of sp³-hybridized carbons (Fsp3) is 0.278. The molecule has 0 spiro atoms. The van der Waals surface area contributed by atoms with E-state index in [1.54, 1.807) is 12.1 Å². The summed E-state index contributed by atoms with van der Waals surface area (Å²) in [5.41, 5.74) is 1.82. The molecule has 2 aromatic rings. The van der Waals surface area contributed by atoms with Crippen molar-refractivity contribution in [3.63, 3.8) is 0 Å². The number of esters is 1. The van der Waals surface area contributed by atoms with Gasteiger partial charge in [-0.1, -0.05) is 18.2 Å². The monoisotopic (exact) mass is 424 g/mol. The summed E-state index contributed by atoms with van der Waals surface area (Å²) < 4.78 is 58.1. The van der Waals surface area contributed by atoms with Crippen LogP contribution in [0.15, 0.2) is 53.4 Å². The van der Waals surface area contributed by atoms with Gasteiger partial charge < -0.3 is 4.74 Å². The van der Waals surface area contributed by atoms with Gasteiger partial charge in [-0.05, 0) is 42.3 Å². The van der Waals surface area contributed by atoms with Crippen LogP contribution in [0.2, 0.25) is 0 Å². The number of sulfonamides is 2. The average Bonchev–Trinajstić information content (AvgIpc) is 3.12. The van der Waals surface area contributed by atoms with Crippen molar-refractivity contribution in [2.24, 2.45) is 0 Å². The van der Waals surface area contributed by atoms with Crippen LogP contribution in [0.5, 0.6) is 0 Å². The molecule has 0 aliphatic carbocycles. The van der Waals surface area contributed by atoms with Crippen LogP contribution in [0.25, 0.3) is 0 Å². The summed E-state index contributed by atoms with van der Waals surface area (Å²) in [6.07, 6.45) is 0.633. The molecule has 1 heterocycles. The van der Waals surface area contributed by atoms with Gasteiger partial charge in [0.25, 0.3) is 0 Å². The molecule has 8 nitrogen and oxygen atoms in total. The fourth-order valence-corrected chi connectivity index (χ4v) is 5.57. The summed E-state index contributed by atoms with van der Waals surface area (Å²) in [6.45, 7) is 0.0888. The molecule has 0 fully saturated rings.